The Bertz CT molecular complexity index is 854. The van der Waals surface area contributed by atoms with Gasteiger partial charge in [-0.25, -0.2) is 4.98 Å². The SMILES string of the molecule is CC(C)c1noc(Cn2cnc3ccc(Cl)cc3c2=O)n1. The number of fused-ring (bicyclic) bond motifs is 1. The average Bonchev–Trinajstić information content (AvgIpc) is 2.91. The second-order valence-electron chi connectivity index (χ2n) is 5.04. The van der Waals surface area contributed by atoms with Crippen LogP contribution in [0.5, 0.6) is 0 Å². The van der Waals surface area contributed by atoms with Gasteiger partial charge in [0.1, 0.15) is 6.54 Å². The number of rotatable bonds is 3. The van der Waals surface area contributed by atoms with Crippen molar-refractivity contribution in [1.82, 2.24) is 19.7 Å². The molecule has 3 aromatic rings. The number of hydrogen-bond donors (Lipinski definition) is 0. The van der Waals surface area contributed by atoms with Crippen LogP contribution in [0.3, 0.4) is 0 Å². The van der Waals surface area contributed by atoms with Crippen molar-refractivity contribution >= 4 is 22.5 Å². The molecule has 0 saturated carbocycles. The minimum Gasteiger partial charge on any atom is -0.337 e. The first-order chi connectivity index (χ1) is 10.0. The van der Waals surface area contributed by atoms with Crippen LogP contribution in [0.4, 0.5) is 0 Å². The molecule has 0 amide bonds. The Hall–Kier alpha value is -2.21. The van der Waals surface area contributed by atoms with Gasteiger partial charge < -0.3 is 4.52 Å². The van der Waals surface area contributed by atoms with Crippen LogP contribution in [-0.4, -0.2) is 19.7 Å². The van der Waals surface area contributed by atoms with Crippen LogP contribution >= 0.6 is 11.6 Å². The molecule has 0 aliphatic rings. The van der Waals surface area contributed by atoms with Crippen molar-refractivity contribution in [3.63, 3.8) is 0 Å². The molecule has 0 radical (unpaired) electrons. The fourth-order valence-electron chi connectivity index (χ4n) is 1.96. The summed E-state index contributed by atoms with van der Waals surface area (Å²) < 4.78 is 6.57. The highest BCUT2D eigenvalue weighted by molar-refractivity contribution is 6.31. The van der Waals surface area contributed by atoms with Gasteiger partial charge in [0.15, 0.2) is 5.82 Å². The Morgan fingerprint density at radius 1 is 1.38 bits per heavy atom. The number of benzene rings is 1. The highest BCUT2D eigenvalue weighted by atomic mass is 35.5. The minimum atomic E-state index is -0.188. The van der Waals surface area contributed by atoms with E-state index in [0.717, 1.165) is 0 Å². The maximum atomic E-state index is 12.4. The van der Waals surface area contributed by atoms with Gasteiger partial charge in [0.2, 0.25) is 5.89 Å². The summed E-state index contributed by atoms with van der Waals surface area (Å²) in [4.78, 5) is 20.9. The molecule has 0 spiro atoms. The molecule has 2 heterocycles. The van der Waals surface area contributed by atoms with E-state index >= 15 is 0 Å². The van der Waals surface area contributed by atoms with Gasteiger partial charge in [-0.2, -0.15) is 4.98 Å². The molecule has 0 saturated heterocycles. The first-order valence-electron chi connectivity index (χ1n) is 6.52. The molecule has 0 bridgehead atoms. The van der Waals surface area contributed by atoms with E-state index in [1.807, 2.05) is 13.8 Å². The molecule has 7 heteroatoms. The van der Waals surface area contributed by atoms with E-state index in [2.05, 4.69) is 15.1 Å². The highest BCUT2D eigenvalue weighted by Crippen LogP contribution is 2.14. The zero-order chi connectivity index (χ0) is 15.0. The summed E-state index contributed by atoms with van der Waals surface area (Å²) >= 11 is 5.92. The second kappa shape index (κ2) is 5.29. The standard InChI is InChI=1S/C14H13ClN4O2/c1-8(2)13-17-12(21-18-13)6-19-7-16-11-4-3-9(15)5-10(11)14(19)20/h3-5,7-8H,6H2,1-2H3. The van der Waals surface area contributed by atoms with E-state index in [1.165, 1.54) is 10.9 Å². The third-order valence-electron chi connectivity index (χ3n) is 3.09. The molecule has 21 heavy (non-hydrogen) atoms. The van der Waals surface area contributed by atoms with Crippen molar-refractivity contribution in [1.29, 1.82) is 0 Å². The Balaban J connectivity index is 2.00. The predicted molar refractivity (Wildman–Crippen MR) is 78.5 cm³/mol. The molecule has 1 aromatic carbocycles. The minimum absolute atomic E-state index is 0.174. The lowest BCUT2D eigenvalue weighted by atomic mass is 10.2. The summed E-state index contributed by atoms with van der Waals surface area (Å²) in [5.74, 6) is 1.17. The molecular weight excluding hydrogens is 292 g/mol. The number of nitrogens with zero attached hydrogens (tertiary/aromatic N) is 4. The van der Waals surface area contributed by atoms with Gasteiger partial charge in [-0.15, -0.1) is 0 Å². The summed E-state index contributed by atoms with van der Waals surface area (Å²) in [6.45, 7) is 4.13. The van der Waals surface area contributed by atoms with Crippen LogP contribution in [0.1, 0.15) is 31.5 Å². The number of aromatic nitrogens is 4. The van der Waals surface area contributed by atoms with E-state index in [9.17, 15) is 4.79 Å². The van der Waals surface area contributed by atoms with Crippen LogP contribution in [-0.2, 0) is 6.54 Å². The van der Waals surface area contributed by atoms with E-state index in [1.54, 1.807) is 18.2 Å². The predicted octanol–water partition coefficient (Wildman–Crippen LogP) is 2.60. The molecule has 0 atom stereocenters. The van der Waals surface area contributed by atoms with Gasteiger partial charge >= 0.3 is 0 Å². The van der Waals surface area contributed by atoms with Gasteiger partial charge in [0.05, 0.1) is 17.2 Å². The molecule has 3 rings (SSSR count). The molecule has 108 valence electrons. The molecule has 2 aromatic heterocycles. The molecule has 0 fully saturated rings. The van der Waals surface area contributed by atoms with Crippen LogP contribution in [0, 0.1) is 0 Å². The summed E-state index contributed by atoms with van der Waals surface area (Å²) in [6, 6.07) is 5.02. The molecule has 0 aliphatic heterocycles. The summed E-state index contributed by atoms with van der Waals surface area (Å²) in [6.07, 6.45) is 1.47. The fraction of sp³-hybridized carbons (Fsp3) is 0.286. The van der Waals surface area contributed by atoms with Crippen molar-refractivity contribution in [3.05, 3.63) is 51.6 Å². The third-order valence-corrected chi connectivity index (χ3v) is 3.33. The number of halogens is 1. The van der Waals surface area contributed by atoms with Crippen molar-refractivity contribution in [2.24, 2.45) is 0 Å². The van der Waals surface area contributed by atoms with Crippen molar-refractivity contribution < 1.29 is 4.52 Å². The first-order valence-corrected chi connectivity index (χ1v) is 6.89. The van der Waals surface area contributed by atoms with Gasteiger partial charge in [-0.3, -0.25) is 9.36 Å². The average molecular weight is 305 g/mol. The zero-order valence-electron chi connectivity index (χ0n) is 11.6. The molecular formula is C14H13ClN4O2. The Kier molecular flexibility index (Phi) is 3.47. The summed E-state index contributed by atoms with van der Waals surface area (Å²) in [5, 5.41) is 4.84. The quantitative estimate of drug-likeness (QED) is 0.743. The van der Waals surface area contributed by atoms with Crippen LogP contribution in [0.2, 0.25) is 5.02 Å². The summed E-state index contributed by atoms with van der Waals surface area (Å²) in [7, 11) is 0. The van der Waals surface area contributed by atoms with Gasteiger partial charge in [0, 0.05) is 10.9 Å². The number of hydrogen-bond acceptors (Lipinski definition) is 5. The van der Waals surface area contributed by atoms with Crippen LogP contribution < -0.4 is 5.56 Å². The first kappa shape index (κ1) is 13.8. The Morgan fingerprint density at radius 2 is 2.19 bits per heavy atom. The lowest BCUT2D eigenvalue weighted by molar-refractivity contribution is 0.363. The Labute approximate surface area is 125 Å². The zero-order valence-corrected chi connectivity index (χ0v) is 12.3. The highest BCUT2D eigenvalue weighted by Gasteiger charge is 2.12. The fourth-order valence-corrected chi connectivity index (χ4v) is 2.13. The molecule has 0 unspecified atom stereocenters. The largest absolute Gasteiger partial charge is 0.337 e. The van der Waals surface area contributed by atoms with Crippen molar-refractivity contribution in [2.75, 3.05) is 0 Å². The van der Waals surface area contributed by atoms with Crippen molar-refractivity contribution in [3.8, 4) is 0 Å². The Morgan fingerprint density at radius 3 is 2.90 bits per heavy atom. The second-order valence-corrected chi connectivity index (χ2v) is 5.48. The van der Waals surface area contributed by atoms with Crippen LogP contribution in [0.25, 0.3) is 10.9 Å². The topological polar surface area (TPSA) is 73.8 Å². The third kappa shape index (κ3) is 2.67. The molecule has 0 aliphatic carbocycles. The van der Waals surface area contributed by atoms with Crippen molar-refractivity contribution in [2.45, 2.75) is 26.3 Å². The van der Waals surface area contributed by atoms with Crippen LogP contribution in [0.15, 0.2) is 33.8 Å². The monoisotopic (exact) mass is 304 g/mol. The lowest BCUT2D eigenvalue weighted by Crippen LogP contribution is -2.21. The van der Waals surface area contributed by atoms with E-state index in [0.29, 0.717) is 27.6 Å². The van der Waals surface area contributed by atoms with Gasteiger partial charge in [-0.1, -0.05) is 30.6 Å². The van der Waals surface area contributed by atoms with E-state index in [4.69, 9.17) is 16.1 Å². The van der Waals surface area contributed by atoms with Gasteiger partial charge in [-0.05, 0) is 18.2 Å². The normalized spacial score (nSPS) is 11.4. The molecule has 0 N–H and O–H groups in total. The maximum Gasteiger partial charge on any atom is 0.261 e. The molecule has 6 nitrogen and oxygen atoms in total. The van der Waals surface area contributed by atoms with E-state index in [-0.39, 0.29) is 18.0 Å². The van der Waals surface area contributed by atoms with E-state index < -0.39 is 0 Å². The lowest BCUT2D eigenvalue weighted by Gasteiger charge is -2.03. The maximum absolute atomic E-state index is 12.4. The summed E-state index contributed by atoms with van der Waals surface area (Å²) in [5.41, 5.74) is 0.417. The smallest absolute Gasteiger partial charge is 0.261 e. The van der Waals surface area contributed by atoms with Gasteiger partial charge in [0.25, 0.3) is 5.56 Å².